The minimum absolute atomic E-state index is 0.156. The lowest BCUT2D eigenvalue weighted by Crippen LogP contribution is -2.12. The number of nitrogens with zero attached hydrogens (tertiary/aromatic N) is 1. The van der Waals surface area contributed by atoms with Crippen molar-refractivity contribution in [2.24, 2.45) is 0 Å². The fraction of sp³-hybridized carbons (Fsp3) is 0.286. The van der Waals surface area contributed by atoms with Crippen LogP contribution in [-0.4, -0.2) is 10.9 Å². The van der Waals surface area contributed by atoms with Gasteiger partial charge < -0.3 is 0 Å². The molecule has 100 valence electrons. The third kappa shape index (κ3) is 3.55. The summed E-state index contributed by atoms with van der Waals surface area (Å²) in [6.07, 6.45) is 0. The van der Waals surface area contributed by atoms with E-state index in [2.05, 4.69) is 24.1 Å². The molecule has 0 unspecified atom stereocenters. The number of nitrogens with one attached hydrogen (secondary N) is 1. The molecule has 2 aromatic rings. The molecule has 19 heavy (non-hydrogen) atoms. The Morgan fingerprint density at radius 3 is 2.89 bits per heavy atom. The summed E-state index contributed by atoms with van der Waals surface area (Å²) in [5.74, 6) is 0.605. The van der Waals surface area contributed by atoms with Crippen LogP contribution in [0.2, 0.25) is 0 Å². The number of halogens is 1. The SMILES string of the molecule is CC(C)c1csc(NC(=O)c2cccc(CCl)c2)n1. The second kappa shape index (κ2) is 6.17. The van der Waals surface area contributed by atoms with E-state index >= 15 is 0 Å². The summed E-state index contributed by atoms with van der Waals surface area (Å²) in [7, 11) is 0. The van der Waals surface area contributed by atoms with Crippen molar-refractivity contribution in [3.8, 4) is 0 Å². The van der Waals surface area contributed by atoms with Crippen LogP contribution in [-0.2, 0) is 5.88 Å². The number of carbonyl (C=O) groups excluding carboxylic acids is 1. The molecular weight excluding hydrogens is 280 g/mol. The van der Waals surface area contributed by atoms with Gasteiger partial charge in [0.05, 0.1) is 5.69 Å². The third-order valence-electron chi connectivity index (χ3n) is 2.68. The molecule has 0 aliphatic rings. The zero-order valence-corrected chi connectivity index (χ0v) is 12.4. The maximum atomic E-state index is 12.1. The fourth-order valence-electron chi connectivity index (χ4n) is 1.57. The quantitative estimate of drug-likeness (QED) is 0.856. The predicted molar refractivity (Wildman–Crippen MR) is 80.2 cm³/mol. The van der Waals surface area contributed by atoms with E-state index in [0.29, 0.717) is 22.5 Å². The van der Waals surface area contributed by atoms with Gasteiger partial charge in [-0.1, -0.05) is 26.0 Å². The maximum Gasteiger partial charge on any atom is 0.257 e. The van der Waals surface area contributed by atoms with Gasteiger partial charge in [-0.05, 0) is 23.6 Å². The van der Waals surface area contributed by atoms with Gasteiger partial charge in [-0.15, -0.1) is 22.9 Å². The first-order chi connectivity index (χ1) is 9.10. The molecule has 0 spiro atoms. The van der Waals surface area contributed by atoms with E-state index in [9.17, 15) is 4.79 Å². The van der Waals surface area contributed by atoms with Crippen molar-refractivity contribution in [3.05, 3.63) is 46.5 Å². The van der Waals surface area contributed by atoms with Crippen LogP contribution in [0.3, 0.4) is 0 Å². The summed E-state index contributed by atoms with van der Waals surface area (Å²) in [5, 5.41) is 5.41. The summed E-state index contributed by atoms with van der Waals surface area (Å²) in [4.78, 5) is 16.5. The Morgan fingerprint density at radius 1 is 1.47 bits per heavy atom. The molecule has 0 bridgehead atoms. The van der Waals surface area contributed by atoms with E-state index in [0.717, 1.165) is 11.3 Å². The van der Waals surface area contributed by atoms with Gasteiger partial charge in [0.15, 0.2) is 5.13 Å². The van der Waals surface area contributed by atoms with Gasteiger partial charge in [0, 0.05) is 16.8 Å². The van der Waals surface area contributed by atoms with E-state index in [4.69, 9.17) is 11.6 Å². The largest absolute Gasteiger partial charge is 0.298 e. The molecule has 0 saturated heterocycles. The molecule has 0 radical (unpaired) electrons. The highest BCUT2D eigenvalue weighted by Gasteiger charge is 2.10. The summed E-state index contributed by atoms with van der Waals surface area (Å²) >= 11 is 7.20. The summed E-state index contributed by atoms with van der Waals surface area (Å²) < 4.78 is 0. The van der Waals surface area contributed by atoms with Crippen molar-refractivity contribution in [1.29, 1.82) is 0 Å². The Balaban J connectivity index is 2.11. The van der Waals surface area contributed by atoms with Crippen molar-refractivity contribution < 1.29 is 4.79 Å². The van der Waals surface area contributed by atoms with Crippen LogP contribution in [0.15, 0.2) is 29.6 Å². The Morgan fingerprint density at radius 2 is 2.26 bits per heavy atom. The molecule has 1 amide bonds. The van der Waals surface area contributed by atoms with Crippen LogP contribution in [0, 0.1) is 0 Å². The van der Waals surface area contributed by atoms with Crippen molar-refractivity contribution in [2.45, 2.75) is 25.6 Å². The normalized spacial score (nSPS) is 10.7. The number of carbonyl (C=O) groups is 1. The number of aromatic nitrogens is 1. The van der Waals surface area contributed by atoms with Crippen LogP contribution in [0.25, 0.3) is 0 Å². The smallest absolute Gasteiger partial charge is 0.257 e. The lowest BCUT2D eigenvalue weighted by Gasteiger charge is -2.03. The van der Waals surface area contributed by atoms with Crippen molar-refractivity contribution >= 4 is 34.0 Å². The maximum absolute atomic E-state index is 12.1. The minimum Gasteiger partial charge on any atom is -0.298 e. The molecule has 0 saturated carbocycles. The van der Waals surface area contributed by atoms with Gasteiger partial charge in [-0.3, -0.25) is 10.1 Å². The summed E-state index contributed by atoms with van der Waals surface area (Å²) in [6, 6.07) is 7.28. The average molecular weight is 295 g/mol. The number of anilines is 1. The molecule has 0 fully saturated rings. The molecule has 0 aliphatic carbocycles. The second-order valence-corrected chi connectivity index (χ2v) is 5.65. The summed E-state index contributed by atoms with van der Waals surface area (Å²) in [6.45, 7) is 4.15. The van der Waals surface area contributed by atoms with E-state index in [-0.39, 0.29) is 5.91 Å². The molecule has 3 nitrogen and oxygen atoms in total. The van der Waals surface area contributed by atoms with E-state index < -0.39 is 0 Å². The molecular formula is C14H15ClN2OS. The Hall–Kier alpha value is -1.39. The first-order valence-corrected chi connectivity index (χ1v) is 7.43. The Labute approximate surface area is 121 Å². The fourth-order valence-corrected chi connectivity index (χ4v) is 2.61. The highest BCUT2D eigenvalue weighted by atomic mass is 35.5. The highest BCUT2D eigenvalue weighted by molar-refractivity contribution is 7.14. The van der Waals surface area contributed by atoms with Crippen LogP contribution < -0.4 is 5.32 Å². The standard InChI is InChI=1S/C14H15ClN2OS/c1-9(2)12-8-19-14(16-12)17-13(18)11-5-3-4-10(6-11)7-15/h3-6,8-9H,7H2,1-2H3,(H,16,17,18). The van der Waals surface area contributed by atoms with Crippen molar-refractivity contribution in [3.63, 3.8) is 0 Å². The van der Waals surface area contributed by atoms with Crippen LogP contribution in [0.1, 0.15) is 41.4 Å². The number of rotatable bonds is 4. The molecule has 0 aliphatic heterocycles. The lowest BCUT2D eigenvalue weighted by molar-refractivity contribution is 0.102. The van der Waals surface area contributed by atoms with Crippen LogP contribution in [0.4, 0.5) is 5.13 Å². The minimum atomic E-state index is -0.156. The van der Waals surface area contributed by atoms with Gasteiger partial charge in [-0.25, -0.2) is 4.98 Å². The van der Waals surface area contributed by atoms with Gasteiger partial charge in [0.2, 0.25) is 0 Å². The Kier molecular flexibility index (Phi) is 4.56. The number of amides is 1. The van der Waals surface area contributed by atoms with E-state index in [1.54, 1.807) is 12.1 Å². The third-order valence-corrected chi connectivity index (χ3v) is 3.76. The molecule has 5 heteroatoms. The number of benzene rings is 1. The summed E-state index contributed by atoms with van der Waals surface area (Å²) in [5.41, 5.74) is 2.52. The molecule has 1 N–H and O–H groups in total. The molecule has 2 rings (SSSR count). The van der Waals surface area contributed by atoms with Gasteiger partial charge >= 0.3 is 0 Å². The van der Waals surface area contributed by atoms with E-state index in [1.165, 1.54) is 11.3 Å². The Bertz CT molecular complexity index is 580. The van der Waals surface area contributed by atoms with E-state index in [1.807, 2.05) is 17.5 Å². The zero-order valence-electron chi connectivity index (χ0n) is 10.8. The van der Waals surface area contributed by atoms with Crippen molar-refractivity contribution in [2.75, 3.05) is 5.32 Å². The predicted octanol–water partition coefficient (Wildman–Crippen LogP) is 4.26. The molecule has 1 aromatic carbocycles. The lowest BCUT2D eigenvalue weighted by atomic mass is 10.1. The number of thiazole rings is 1. The monoisotopic (exact) mass is 294 g/mol. The molecule has 1 aromatic heterocycles. The van der Waals surface area contributed by atoms with Crippen molar-refractivity contribution in [1.82, 2.24) is 4.98 Å². The number of hydrogen-bond donors (Lipinski definition) is 1. The van der Waals surface area contributed by atoms with Gasteiger partial charge in [0.1, 0.15) is 0 Å². The number of alkyl halides is 1. The van der Waals surface area contributed by atoms with Crippen LogP contribution in [0.5, 0.6) is 0 Å². The zero-order chi connectivity index (χ0) is 13.8. The first-order valence-electron chi connectivity index (χ1n) is 6.02. The topological polar surface area (TPSA) is 42.0 Å². The van der Waals surface area contributed by atoms with Gasteiger partial charge in [-0.2, -0.15) is 0 Å². The average Bonchev–Trinajstić information content (AvgIpc) is 2.87. The first kappa shape index (κ1) is 14.0. The molecule has 0 atom stereocenters. The van der Waals surface area contributed by atoms with Crippen LogP contribution >= 0.6 is 22.9 Å². The number of hydrogen-bond acceptors (Lipinski definition) is 3. The molecule has 1 heterocycles. The highest BCUT2D eigenvalue weighted by Crippen LogP contribution is 2.22. The van der Waals surface area contributed by atoms with Gasteiger partial charge in [0.25, 0.3) is 5.91 Å². The second-order valence-electron chi connectivity index (χ2n) is 4.52.